The number of hydrogen-bond donors (Lipinski definition) is 0. The summed E-state index contributed by atoms with van der Waals surface area (Å²) in [6.45, 7) is 3.95. The fraction of sp³-hybridized carbons (Fsp3) is 0.333. The number of hydrogen-bond acceptors (Lipinski definition) is 4. The van der Waals surface area contributed by atoms with Gasteiger partial charge in [0.15, 0.2) is 0 Å². The molecule has 0 unspecified atom stereocenters. The van der Waals surface area contributed by atoms with Gasteiger partial charge in [-0.05, 0) is 25.2 Å². The van der Waals surface area contributed by atoms with Crippen molar-refractivity contribution in [1.29, 1.82) is 0 Å². The van der Waals surface area contributed by atoms with Gasteiger partial charge in [0.2, 0.25) is 0 Å². The highest BCUT2D eigenvalue weighted by atomic mass is 16.2. The third-order valence-corrected chi connectivity index (χ3v) is 4.93. The third kappa shape index (κ3) is 2.04. The van der Waals surface area contributed by atoms with Crippen molar-refractivity contribution in [1.82, 2.24) is 9.80 Å². The van der Waals surface area contributed by atoms with Crippen LogP contribution in [0.25, 0.3) is 10.8 Å². The highest BCUT2D eigenvalue weighted by Gasteiger charge is 2.31. The topological polar surface area (TPSA) is 43.9 Å². The summed E-state index contributed by atoms with van der Waals surface area (Å²) in [7, 11) is 3.67. The quantitative estimate of drug-likeness (QED) is 0.754. The molecule has 23 heavy (non-hydrogen) atoms. The van der Waals surface area contributed by atoms with Crippen LogP contribution in [0.4, 0.5) is 5.69 Å². The van der Waals surface area contributed by atoms with E-state index in [0.717, 1.165) is 42.6 Å². The molecule has 0 aliphatic carbocycles. The largest absolute Gasteiger partial charge is 0.368 e. The Morgan fingerprint density at radius 2 is 1.48 bits per heavy atom. The highest BCUT2D eigenvalue weighted by Crippen LogP contribution is 2.35. The Bertz CT molecular complexity index is 800. The molecule has 2 aromatic rings. The lowest BCUT2D eigenvalue weighted by Crippen LogP contribution is -2.44. The molecule has 0 N–H and O–H groups in total. The molecule has 1 saturated heterocycles. The van der Waals surface area contributed by atoms with Gasteiger partial charge in [-0.15, -0.1) is 0 Å². The number of amides is 2. The summed E-state index contributed by atoms with van der Waals surface area (Å²) in [5.41, 5.74) is 2.36. The zero-order chi connectivity index (χ0) is 16.1. The molecule has 2 heterocycles. The number of imide groups is 1. The first-order chi connectivity index (χ1) is 11.1. The van der Waals surface area contributed by atoms with Crippen molar-refractivity contribution < 1.29 is 9.59 Å². The number of anilines is 1. The fourth-order valence-corrected chi connectivity index (χ4v) is 3.52. The number of likely N-dealkylation sites (N-methyl/N-ethyl adjacent to an activating group) is 1. The third-order valence-electron chi connectivity index (χ3n) is 4.93. The first-order valence-electron chi connectivity index (χ1n) is 7.89. The molecular formula is C18H19N3O2. The van der Waals surface area contributed by atoms with Crippen LogP contribution >= 0.6 is 0 Å². The first kappa shape index (κ1) is 14.2. The Morgan fingerprint density at radius 1 is 0.826 bits per heavy atom. The van der Waals surface area contributed by atoms with Crippen molar-refractivity contribution in [3.05, 3.63) is 41.5 Å². The lowest BCUT2D eigenvalue weighted by atomic mass is 9.93. The maximum Gasteiger partial charge on any atom is 0.261 e. The molecule has 2 aliphatic rings. The van der Waals surface area contributed by atoms with Crippen molar-refractivity contribution in [3.63, 3.8) is 0 Å². The van der Waals surface area contributed by atoms with Crippen LogP contribution in [0.5, 0.6) is 0 Å². The molecule has 4 rings (SSSR count). The molecule has 0 radical (unpaired) electrons. The molecule has 2 amide bonds. The minimum absolute atomic E-state index is 0.219. The summed E-state index contributed by atoms with van der Waals surface area (Å²) in [4.78, 5) is 30.7. The second-order valence-electron chi connectivity index (χ2n) is 6.32. The zero-order valence-electron chi connectivity index (χ0n) is 13.4. The molecule has 0 spiro atoms. The van der Waals surface area contributed by atoms with Gasteiger partial charge in [0.1, 0.15) is 0 Å². The minimum Gasteiger partial charge on any atom is -0.368 e. The SMILES string of the molecule is CN1CCN(c2ccc3c4c(cccc24)C(=O)N(C)C3=O)CC1. The van der Waals surface area contributed by atoms with E-state index in [1.807, 2.05) is 30.3 Å². The molecule has 1 fully saturated rings. The summed E-state index contributed by atoms with van der Waals surface area (Å²) in [6, 6.07) is 9.62. The summed E-state index contributed by atoms with van der Waals surface area (Å²) in [5, 5.41) is 1.80. The van der Waals surface area contributed by atoms with Gasteiger partial charge in [-0.3, -0.25) is 14.5 Å². The predicted molar refractivity (Wildman–Crippen MR) is 90.1 cm³/mol. The molecule has 0 bridgehead atoms. The van der Waals surface area contributed by atoms with Gasteiger partial charge >= 0.3 is 0 Å². The van der Waals surface area contributed by atoms with E-state index in [1.165, 1.54) is 4.90 Å². The van der Waals surface area contributed by atoms with Gasteiger partial charge < -0.3 is 9.80 Å². The number of carbonyl (C=O) groups excluding carboxylic acids is 2. The Balaban J connectivity index is 1.91. The molecule has 5 heteroatoms. The van der Waals surface area contributed by atoms with Crippen LogP contribution in [0.2, 0.25) is 0 Å². The Kier molecular flexibility index (Phi) is 3.13. The van der Waals surface area contributed by atoms with Crippen molar-refractivity contribution in [2.45, 2.75) is 0 Å². The maximum atomic E-state index is 12.4. The van der Waals surface area contributed by atoms with Crippen molar-refractivity contribution in [3.8, 4) is 0 Å². The summed E-state index contributed by atoms with van der Waals surface area (Å²) in [6.07, 6.45) is 0. The van der Waals surface area contributed by atoms with E-state index in [9.17, 15) is 9.59 Å². The van der Waals surface area contributed by atoms with Crippen LogP contribution < -0.4 is 4.90 Å². The molecule has 0 atom stereocenters. The van der Waals surface area contributed by atoms with E-state index in [-0.39, 0.29) is 11.8 Å². The normalized spacial score (nSPS) is 18.9. The van der Waals surface area contributed by atoms with Crippen LogP contribution in [0, 0.1) is 0 Å². The Morgan fingerprint density at radius 3 is 2.17 bits per heavy atom. The number of nitrogens with zero attached hydrogens (tertiary/aromatic N) is 3. The summed E-state index contributed by atoms with van der Waals surface area (Å²) < 4.78 is 0. The van der Waals surface area contributed by atoms with Gasteiger partial charge in [-0.1, -0.05) is 12.1 Å². The van der Waals surface area contributed by atoms with Crippen molar-refractivity contribution >= 4 is 28.3 Å². The second kappa shape index (κ2) is 5.06. The first-order valence-corrected chi connectivity index (χ1v) is 7.89. The predicted octanol–water partition coefficient (Wildman–Crippen LogP) is 1.82. The molecule has 5 nitrogen and oxygen atoms in total. The van der Waals surface area contributed by atoms with E-state index < -0.39 is 0 Å². The molecule has 0 aromatic heterocycles. The van der Waals surface area contributed by atoms with Gasteiger partial charge in [-0.25, -0.2) is 0 Å². The number of piperazine rings is 1. The van der Waals surface area contributed by atoms with Crippen LogP contribution in [0.1, 0.15) is 20.7 Å². The van der Waals surface area contributed by atoms with Gasteiger partial charge in [0, 0.05) is 60.8 Å². The number of rotatable bonds is 1. The average Bonchev–Trinajstić information content (AvgIpc) is 2.58. The minimum atomic E-state index is -0.219. The van der Waals surface area contributed by atoms with Gasteiger partial charge in [0.05, 0.1) is 0 Å². The van der Waals surface area contributed by atoms with E-state index in [0.29, 0.717) is 11.1 Å². The molecule has 118 valence electrons. The summed E-state index contributed by atoms with van der Waals surface area (Å²) >= 11 is 0. The molecule has 0 saturated carbocycles. The van der Waals surface area contributed by atoms with Crippen molar-refractivity contribution in [2.75, 3.05) is 45.2 Å². The highest BCUT2D eigenvalue weighted by molar-refractivity contribution is 6.26. The van der Waals surface area contributed by atoms with Crippen LogP contribution in [0.15, 0.2) is 30.3 Å². The van der Waals surface area contributed by atoms with Gasteiger partial charge in [0.25, 0.3) is 11.8 Å². The standard InChI is InChI=1S/C18H19N3O2/c1-19-8-10-21(11-9-19)15-7-6-14-16-12(15)4-3-5-13(16)17(22)20(2)18(14)23/h3-7H,8-11H2,1-2H3. The summed E-state index contributed by atoms with van der Waals surface area (Å²) in [5.74, 6) is -0.438. The van der Waals surface area contributed by atoms with E-state index >= 15 is 0 Å². The van der Waals surface area contributed by atoms with E-state index in [2.05, 4.69) is 16.8 Å². The zero-order valence-corrected chi connectivity index (χ0v) is 13.4. The Hall–Kier alpha value is -2.40. The Labute approximate surface area is 135 Å². The van der Waals surface area contributed by atoms with Gasteiger partial charge in [-0.2, -0.15) is 0 Å². The molecule has 2 aromatic carbocycles. The fourth-order valence-electron chi connectivity index (χ4n) is 3.52. The van der Waals surface area contributed by atoms with Crippen LogP contribution in [0.3, 0.4) is 0 Å². The lowest BCUT2D eigenvalue weighted by Gasteiger charge is -2.35. The van der Waals surface area contributed by atoms with Crippen LogP contribution in [-0.2, 0) is 0 Å². The van der Waals surface area contributed by atoms with Crippen LogP contribution in [-0.4, -0.2) is 61.9 Å². The second-order valence-corrected chi connectivity index (χ2v) is 6.32. The lowest BCUT2D eigenvalue weighted by molar-refractivity contribution is 0.0651. The smallest absolute Gasteiger partial charge is 0.261 e. The monoisotopic (exact) mass is 309 g/mol. The average molecular weight is 309 g/mol. The number of carbonyl (C=O) groups is 2. The maximum absolute atomic E-state index is 12.4. The molecular weight excluding hydrogens is 290 g/mol. The number of benzene rings is 2. The van der Waals surface area contributed by atoms with Crippen molar-refractivity contribution in [2.24, 2.45) is 0 Å². The van der Waals surface area contributed by atoms with E-state index in [4.69, 9.17) is 0 Å². The van der Waals surface area contributed by atoms with E-state index in [1.54, 1.807) is 7.05 Å². The molecule has 2 aliphatic heterocycles.